The molecule has 0 aromatic rings. The van der Waals surface area contributed by atoms with E-state index in [2.05, 4.69) is 47.9 Å². The predicted octanol–water partition coefficient (Wildman–Crippen LogP) is 3.10. The Morgan fingerprint density at radius 1 is 0.533 bits per heavy atom. The molecule has 0 unspecified atom stereocenters. The van der Waals surface area contributed by atoms with Gasteiger partial charge >= 0.3 is 22.6 Å². The summed E-state index contributed by atoms with van der Waals surface area (Å²) in [6.45, 7) is 21.0. The molecule has 0 aromatic heterocycles. The van der Waals surface area contributed by atoms with Crippen LogP contribution in [0.1, 0.15) is 34.6 Å². The van der Waals surface area contributed by atoms with Crippen LogP contribution in [-0.4, -0.2) is 0 Å². The Labute approximate surface area is 104 Å². The van der Waals surface area contributed by atoms with E-state index in [1.54, 1.807) is 0 Å². The molecule has 1 fully saturated rings. The monoisotopic (exact) mass is 255 g/mol. The topological polar surface area (TPSA) is 39.8 Å². The molecule has 3 heteroatoms. The molecule has 15 heavy (non-hydrogen) atoms. The van der Waals surface area contributed by atoms with E-state index < -0.39 is 0 Å². The molecule has 2 nitrogen and oxygen atoms in total. The van der Waals surface area contributed by atoms with E-state index in [1.807, 2.05) is 0 Å². The van der Waals surface area contributed by atoms with Crippen molar-refractivity contribution in [2.75, 3.05) is 0 Å². The quantitative estimate of drug-likeness (QED) is 0.471. The van der Waals surface area contributed by atoms with Crippen LogP contribution in [0.15, 0.2) is 0 Å². The second-order valence-electron chi connectivity index (χ2n) is 4.30. The Bertz CT molecular complexity index is 138. The summed E-state index contributed by atoms with van der Waals surface area (Å²) in [6.07, 6.45) is 0. The molecule has 0 amide bonds. The van der Waals surface area contributed by atoms with Crippen molar-refractivity contribution in [3.05, 3.63) is 13.3 Å². The number of hydrogen-bond acceptors (Lipinski definition) is 0. The zero-order valence-electron chi connectivity index (χ0n) is 10.0. The second-order valence-corrected chi connectivity index (χ2v) is 4.30. The summed E-state index contributed by atoms with van der Waals surface area (Å²) in [5, 5.41) is 0. The third-order valence-corrected chi connectivity index (χ3v) is 4.15. The fourth-order valence-electron chi connectivity index (χ4n) is 2.39. The van der Waals surface area contributed by atoms with Gasteiger partial charge in [-0.15, -0.1) is 0 Å². The maximum absolute atomic E-state index is 7.50. The molecule has 1 rings (SSSR count). The third-order valence-electron chi connectivity index (χ3n) is 4.15. The number of hydrogen-bond donors (Lipinski definition) is 0. The van der Waals surface area contributed by atoms with Crippen LogP contribution in [0.2, 0.25) is 0 Å². The Hall–Kier alpha value is -0.0135. The van der Waals surface area contributed by atoms with Crippen LogP contribution >= 0.6 is 0 Å². The van der Waals surface area contributed by atoms with Gasteiger partial charge in [0.1, 0.15) is 0 Å². The van der Waals surface area contributed by atoms with E-state index in [0.29, 0.717) is 0 Å². The maximum Gasteiger partial charge on any atom is 0 e. The Kier molecular flexibility index (Phi) is 14.3. The summed E-state index contributed by atoms with van der Waals surface area (Å²) < 4.78 is 15.0. The predicted molar refractivity (Wildman–Crippen MR) is 53.7 cm³/mol. The minimum absolute atomic E-state index is 0. The van der Waals surface area contributed by atoms with E-state index in [-0.39, 0.29) is 16.8 Å². The zero-order chi connectivity index (χ0) is 11.9. The van der Waals surface area contributed by atoms with Gasteiger partial charge in [-0.2, -0.15) is 0 Å². The molecule has 0 aliphatic heterocycles. The SMILES string of the molecule is CC1C(C)C(C)C(C)C1C.[C-]#[O+].[C-]#[O+].[Co]. The minimum atomic E-state index is 0. The molecule has 0 spiro atoms. The van der Waals surface area contributed by atoms with Crippen molar-refractivity contribution >= 4 is 0 Å². The summed E-state index contributed by atoms with van der Waals surface area (Å²) in [5.74, 6) is 4.68. The second kappa shape index (κ2) is 10.5. The van der Waals surface area contributed by atoms with Crippen LogP contribution in [0, 0.1) is 42.9 Å². The largest absolute Gasteiger partial charge is 0 e. The Morgan fingerprint density at radius 3 is 0.667 bits per heavy atom. The first kappa shape index (κ1) is 20.4. The van der Waals surface area contributed by atoms with Gasteiger partial charge in [0.05, 0.1) is 0 Å². The molecule has 1 aliphatic rings. The maximum atomic E-state index is 7.50. The van der Waals surface area contributed by atoms with E-state index in [0.717, 1.165) is 29.6 Å². The molecule has 1 aliphatic carbocycles. The number of rotatable bonds is 0. The third kappa shape index (κ3) is 5.03. The normalized spacial score (nSPS) is 37.3. The molecule has 1 radical (unpaired) electrons. The van der Waals surface area contributed by atoms with Crippen LogP contribution in [0.4, 0.5) is 0 Å². The van der Waals surface area contributed by atoms with Crippen molar-refractivity contribution in [3.63, 3.8) is 0 Å². The van der Waals surface area contributed by atoms with Crippen molar-refractivity contribution in [2.45, 2.75) is 34.6 Å². The van der Waals surface area contributed by atoms with Gasteiger partial charge in [-0.05, 0) is 29.6 Å². The van der Waals surface area contributed by atoms with Gasteiger partial charge in [0, 0.05) is 16.8 Å². The molecule has 1 saturated carbocycles. The fraction of sp³-hybridized carbons (Fsp3) is 0.833. The first-order valence-electron chi connectivity index (χ1n) is 4.96. The summed E-state index contributed by atoms with van der Waals surface area (Å²) in [7, 11) is 0. The molecule has 0 heterocycles. The average Bonchev–Trinajstić information content (AvgIpc) is 2.42. The van der Waals surface area contributed by atoms with Crippen molar-refractivity contribution < 1.29 is 26.1 Å². The fourth-order valence-corrected chi connectivity index (χ4v) is 2.39. The summed E-state index contributed by atoms with van der Waals surface area (Å²) in [4.78, 5) is 0. The van der Waals surface area contributed by atoms with Crippen LogP contribution in [0.3, 0.4) is 0 Å². The van der Waals surface area contributed by atoms with Gasteiger partial charge < -0.3 is 0 Å². The van der Waals surface area contributed by atoms with Crippen molar-refractivity contribution in [1.29, 1.82) is 0 Å². The van der Waals surface area contributed by atoms with Gasteiger partial charge in [0.25, 0.3) is 0 Å². The molecule has 0 N–H and O–H groups in total. The molecule has 0 aromatic carbocycles. The molecule has 89 valence electrons. The molecule has 0 saturated heterocycles. The summed E-state index contributed by atoms with van der Waals surface area (Å²) in [6, 6.07) is 0. The van der Waals surface area contributed by atoms with Crippen molar-refractivity contribution in [2.24, 2.45) is 29.6 Å². The molecule has 0 bridgehead atoms. The minimum Gasteiger partial charge on any atom is 0 e. The summed E-state index contributed by atoms with van der Waals surface area (Å²) >= 11 is 0. The Balaban J connectivity index is -0.000000258. The van der Waals surface area contributed by atoms with Crippen LogP contribution in [0.5, 0.6) is 0 Å². The van der Waals surface area contributed by atoms with Crippen molar-refractivity contribution in [1.82, 2.24) is 0 Å². The smallest absolute Gasteiger partial charge is 0 e. The zero-order valence-corrected chi connectivity index (χ0v) is 11.1. The first-order chi connectivity index (χ1) is 6.55. The van der Waals surface area contributed by atoms with Crippen LogP contribution < -0.4 is 0 Å². The van der Waals surface area contributed by atoms with E-state index >= 15 is 0 Å². The van der Waals surface area contributed by atoms with Crippen LogP contribution in [-0.2, 0) is 26.1 Å². The van der Waals surface area contributed by atoms with Gasteiger partial charge in [-0.1, -0.05) is 34.6 Å². The van der Waals surface area contributed by atoms with E-state index in [9.17, 15) is 0 Å². The Morgan fingerprint density at radius 2 is 0.600 bits per heavy atom. The van der Waals surface area contributed by atoms with E-state index in [1.165, 1.54) is 0 Å². The molecule has 0 atom stereocenters. The van der Waals surface area contributed by atoms with Gasteiger partial charge in [0.15, 0.2) is 0 Å². The van der Waals surface area contributed by atoms with E-state index in [4.69, 9.17) is 9.30 Å². The van der Waals surface area contributed by atoms with Gasteiger partial charge in [-0.3, -0.25) is 0 Å². The summed E-state index contributed by atoms with van der Waals surface area (Å²) in [5.41, 5.74) is 0. The first-order valence-corrected chi connectivity index (χ1v) is 4.96. The molecular formula is C12H20CoO2. The molecular weight excluding hydrogens is 235 g/mol. The van der Waals surface area contributed by atoms with Crippen molar-refractivity contribution in [3.8, 4) is 0 Å². The standard InChI is InChI=1S/C10H20.2CO.Co/c1-6-7(2)9(4)10(5)8(6)3;2*1-2;/h6-10H,1-5H3;;;. The van der Waals surface area contributed by atoms with Crippen LogP contribution in [0.25, 0.3) is 0 Å². The average molecular weight is 255 g/mol. The van der Waals surface area contributed by atoms with Gasteiger partial charge in [-0.25, -0.2) is 0 Å². The van der Waals surface area contributed by atoms with Gasteiger partial charge in [0.2, 0.25) is 0 Å².